The fourth-order valence-electron chi connectivity index (χ4n) is 4.32. The number of methoxy groups -OCH3 is 1. The first-order valence-electron chi connectivity index (χ1n) is 10.2. The van der Waals surface area contributed by atoms with Gasteiger partial charge in [-0.2, -0.15) is 0 Å². The van der Waals surface area contributed by atoms with Crippen LogP contribution in [0.4, 0.5) is 11.4 Å². The summed E-state index contributed by atoms with van der Waals surface area (Å²) in [5.74, 6) is 1.66. The Bertz CT molecular complexity index is 966. The summed E-state index contributed by atoms with van der Waals surface area (Å²) in [5, 5.41) is 5.81. The number of fused-ring (bicyclic) bond motifs is 1. The molecule has 0 unspecified atom stereocenters. The third-order valence-corrected chi connectivity index (χ3v) is 5.83. The van der Waals surface area contributed by atoms with E-state index in [2.05, 4.69) is 10.6 Å². The highest BCUT2D eigenvalue weighted by Crippen LogP contribution is 2.44. The number of ether oxygens (including phenoxy) is 3. The summed E-state index contributed by atoms with van der Waals surface area (Å²) in [6, 6.07) is 11.0. The van der Waals surface area contributed by atoms with E-state index in [0.717, 1.165) is 37.7 Å². The maximum atomic E-state index is 13.6. The predicted molar refractivity (Wildman–Crippen MR) is 113 cm³/mol. The zero-order valence-corrected chi connectivity index (χ0v) is 17.2. The molecule has 0 spiro atoms. The molecule has 0 atom stereocenters. The number of benzene rings is 2. The number of carbonyl (C=O) groups excluding carboxylic acids is 2. The van der Waals surface area contributed by atoms with Crippen molar-refractivity contribution in [2.45, 2.75) is 44.4 Å². The zero-order chi connectivity index (χ0) is 21.1. The SMILES string of the molecule is COc1ccc(NC(=O)C2(c3ccc4c(c3)OCO4)CCCCC2)cc1NC(C)=O. The van der Waals surface area contributed by atoms with Gasteiger partial charge in [0.05, 0.1) is 18.2 Å². The van der Waals surface area contributed by atoms with Crippen LogP contribution >= 0.6 is 0 Å². The Labute approximate surface area is 175 Å². The number of anilines is 2. The molecule has 0 saturated heterocycles. The summed E-state index contributed by atoms with van der Waals surface area (Å²) >= 11 is 0. The van der Waals surface area contributed by atoms with Gasteiger partial charge < -0.3 is 24.8 Å². The molecule has 2 aromatic rings. The highest BCUT2D eigenvalue weighted by molar-refractivity contribution is 6.00. The minimum absolute atomic E-state index is 0.0555. The number of hydrogen-bond acceptors (Lipinski definition) is 5. The average Bonchev–Trinajstić information content (AvgIpc) is 3.22. The van der Waals surface area contributed by atoms with Gasteiger partial charge in [0, 0.05) is 12.6 Å². The van der Waals surface area contributed by atoms with Crippen molar-refractivity contribution in [3.8, 4) is 17.2 Å². The molecule has 1 heterocycles. The average molecular weight is 410 g/mol. The molecular formula is C23H26N2O5. The Morgan fingerprint density at radius 3 is 2.47 bits per heavy atom. The summed E-state index contributed by atoms with van der Waals surface area (Å²) in [6.07, 6.45) is 4.64. The molecule has 0 radical (unpaired) electrons. The van der Waals surface area contributed by atoms with Crippen molar-refractivity contribution in [1.29, 1.82) is 0 Å². The summed E-state index contributed by atoms with van der Waals surface area (Å²) < 4.78 is 16.3. The first-order chi connectivity index (χ1) is 14.5. The van der Waals surface area contributed by atoms with E-state index in [1.165, 1.54) is 14.0 Å². The Morgan fingerprint density at radius 2 is 1.73 bits per heavy atom. The van der Waals surface area contributed by atoms with Gasteiger partial charge in [-0.1, -0.05) is 25.3 Å². The van der Waals surface area contributed by atoms with E-state index in [0.29, 0.717) is 28.6 Å². The Morgan fingerprint density at radius 1 is 0.967 bits per heavy atom. The number of amides is 2. The second-order valence-corrected chi connectivity index (χ2v) is 7.76. The zero-order valence-electron chi connectivity index (χ0n) is 17.2. The van der Waals surface area contributed by atoms with Gasteiger partial charge in [-0.3, -0.25) is 9.59 Å². The second-order valence-electron chi connectivity index (χ2n) is 7.76. The molecule has 1 saturated carbocycles. The molecule has 2 amide bonds. The lowest BCUT2D eigenvalue weighted by Gasteiger charge is -2.36. The molecule has 1 fully saturated rings. The Balaban J connectivity index is 1.64. The van der Waals surface area contributed by atoms with Gasteiger partial charge in [0.2, 0.25) is 18.6 Å². The Kier molecular flexibility index (Phi) is 5.53. The molecule has 4 rings (SSSR count). The van der Waals surface area contributed by atoms with Crippen molar-refractivity contribution in [3.05, 3.63) is 42.0 Å². The quantitative estimate of drug-likeness (QED) is 0.771. The van der Waals surface area contributed by atoms with E-state index >= 15 is 0 Å². The maximum absolute atomic E-state index is 13.6. The van der Waals surface area contributed by atoms with Crippen molar-refractivity contribution in [2.24, 2.45) is 0 Å². The molecule has 7 nitrogen and oxygen atoms in total. The molecule has 0 aromatic heterocycles. The third-order valence-electron chi connectivity index (χ3n) is 5.83. The van der Waals surface area contributed by atoms with Crippen LogP contribution in [-0.4, -0.2) is 25.7 Å². The van der Waals surface area contributed by atoms with Crippen LogP contribution in [0.15, 0.2) is 36.4 Å². The lowest BCUT2D eigenvalue weighted by Crippen LogP contribution is -2.42. The van der Waals surface area contributed by atoms with E-state index in [9.17, 15) is 9.59 Å². The number of nitrogens with one attached hydrogen (secondary N) is 2. The first-order valence-corrected chi connectivity index (χ1v) is 10.2. The van der Waals surface area contributed by atoms with Crippen LogP contribution in [0.3, 0.4) is 0 Å². The van der Waals surface area contributed by atoms with Crippen LogP contribution in [0, 0.1) is 0 Å². The van der Waals surface area contributed by atoms with Crippen LogP contribution in [-0.2, 0) is 15.0 Å². The van der Waals surface area contributed by atoms with Gasteiger partial charge in [0.15, 0.2) is 11.5 Å². The summed E-state index contributed by atoms with van der Waals surface area (Å²) in [6.45, 7) is 1.64. The highest BCUT2D eigenvalue weighted by Gasteiger charge is 2.42. The molecule has 1 aliphatic heterocycles. The van der Waals surface area contributed by atoms with Crippen LogP contribution in [0.2, 0.25) is 0 Å². The lowest BCUT2D eigenvalue weighted by molar-refractivity contribution is -0.122. The minimum Gasteiger partial charge on any atom is -0.495 e. The fraction of sp³-hybridized carbons (Fsp3) is 0.391. The van der Waals surface area contributed by atoms with Gasteiger partial charge in [-0.25, -0.2) is 0 Å². The second kappa shape index (κ2) is 8.26. The molecule has 158 valence electrons. The molecule has 7 heteroatoms. The van der Waals surface area contributed by atoms with Crippen LogP contribution in [0.25, 0.3) is 0 Å². The van der Waals surface area contributed by atoms with Gasteiger partial charge >= 0.3 is 0 Å². The first kappa shape index (κ1) is 20.1. The standard InChI is InChI=1S/C23H26N2O5/c1-15(26)24-18-13-17(7-9-19(18)28-2)25-22(27)23(10-4-3-5-11-23)16-6-8-20-21(12-16)30-14-29-20/h6-9,12-13H,3-5,10-11,14H2,1-2H3,(H,24,26)(H,25,27). The summed E-state index contributed by atoms with van der Waals surface area (Å²) in [7, 11) is 1.54. The monoisotopic (exact) mass is 410 g/mol. The highest BCUT2D eigenvalue weighted by atomic mass is 16.7. The fourth-order valence-corrected chi connectivity index (χ4v) is 4.32. The Hall–Kier alpha value is -3.22. The lowest BCUT2D eigenvalue weighted by atomic mass is 9.68. The van der Waals surface area contributed by atoms with Gasteiger partial charge in [0.1, 0.15) is 5.75 Å². The van der Waals surface area contributed by atoms with E-state index in [-0.39, 0.29) is 18.6 Å². The van der Waals surface area contributed by atoms with Gasteiger partial charge in [-0.05, 0) is 48.7 Å². The van der Waals surface area contributed by atoms with Crippen molar-refractivity contribution in [3.63, 3.8) is 0 Å². The summed E-state index contributed by atoms with van der Waals surface area (Å²) in [4.78, 5) is 25.1. The molecule has 1 aliphatic carbocycles. The van der Waals surface area contributed by atoms with E-state index in [1.54, 1.807) is 18.2 Å². The molecule has 2 aromatic carbocycles. The minimum atomic E-state index is -0.632. The number of hydrogen-bond donors (Lipinski definition) is 2. The number of rotatable bonds is 5. The van der Waals surface area contributed by atoms with E-state index in [1.807, 2.05) is 18.2 Å². The molecule has 0 bridgehead atoms. The number of carbonyl (C=O) groups is 2. The van der Waals surface area contributed by atoms with Crippen LogP contribution < -0.4 is 24.8 Å². The normalized spacial score (nSPS) is 16.6. The molecular weight excluding hydrogens is 384 g/mol. The molecule has 2 aliphatic rings. The van der Waals surface area contributed by atoms with Crippen LogP contribution in [0.1, 0.15) is 44.6 Å². The molecule has 2 N–H and O–H groups in total. The van der Waals surface area contributed by atoms with Crippen LogP contribution in [0.5, 0.6) is 17.2 Å². The van der Waals surface area contributed by atoms with E-state index < -0.39 is 5.41 Å². The largest absolute Gasteiger partial charge is 0.495 e. The topological polar surface area (TPSA) is 85.9 Å². The predicted octanol–water partition coefficient (Wildman–Crippen LogP) is 4.22. The smallest absolute Gasteiger partial charge is 0.235 e. The third kappa shape index (κ3) is 3.79. The van der Waals surface area contributed by atoms with Gasteiger partial charge in [-0.15, -0.1) is 0 Å². The van der Waals surface area contributed by atoms with E-state index in [4.69, 9.17) is 14.2 Å². The van der Waals surface area contributed by atoms with Crippen molar-refractivity contribution >= 4 is 23.2 Å². The van der Waals surface area contributed by atoms with Crippen molar-refractivity contribution < 1.29 is 23.8 Å². The van der Waals surface area contributed by atoms with Gasteiger partial charge in [0.25, 0.3) is 0 Å². The van der Waals surface area contributed by atoms with Crippen molar-refractivity contribution in [2.75, 3.05) is 24.5 Å². The van der Waals surface area contributed by atoms with Crippen molar-refractivity contribution in [1.82, 2.24) is 0 Å². The summed E-state index contributed by atoms with van der Waals surface area (Å²) in [5.41, 5.74) is 1.44. The maximum Gasteiger partial charge on any atom is 0.235 e. The molecule has 30 heavy (non-hydrogen) atoms.